The van der Waals surface area contributed by atoms with Gasteiger partial charge in [-0.3, -0.25) is 4.99 Å². The van der Waals surface area contributed by atoms with Crippen LogP contribution in [0, 0.1) is 25.5 Å². The maximum absolute atomic E-state index is 14.6. The molecule has 2 aromatic carbocycles. The summed E-state index contributed by atoms with van der Waals surface area (Å²) in [5.41, 5.74) is 5.15. The molecular formula is C24H32F2N4. The van der Waals surface area contributed by atoms with Crippen molar-refractivity contribution in [3.05, 3.63) is 52.6 Å². The molecule has 1 aliphatic heterocycles. The van der Waals surface area contributed by atoms with Crippen LogP contribution in [0.25, 0.3) is 11.1 Å². The molecule has 1 heterocycles. The average Bonchev–Trinajstić information content (AvgIpc) is 2.71. The van der Waals surface area contributed by atoms with Crippen LogP contribution in [-0.4, -0.2) is 62.5 Å². The lowest BCUT2D eigenvalue weighted by Gasteiger charge is -2.35. The van der Waals surface area contributed by atoms with E-state index in [0.29, 0.717) is 5.56 Å². The van der Waals surface area contributed by atoms with Crippen LogP contribution in [-0.2, 0) is 0 Å². The maximum atomic E-state index is 14.6. The Morgan fingerprint density at radius 1 is 1.10 bits per heavy atom. The van der Waals surface area contributed by atoms with E-state index in [1.54, 1.807) is 0 Å². The molecule has 0 spiro atoms. The number of hydrogen-bond donors (Lipinski definition) is 1. The number of halogens is 2. The Morgan fingerprint density at radius 2 is 1.80 bits per heavy atom. The standard InChI is InChI=1S/C24H32F2N4/c1-6-9-28-23-17(3)22(19-8-7-18(25)15-21(19)26)16(2)14-20(23)24(27-4)30-12-10-29(5)11-13-30/h7-8,14-15,28H,6,9-13H2,1-5H3/b27-24+. The van der Waals surface area contributed by atoms with E-state index in [0.717, 1.165) is 79.0 Å². The van der Waals surface area contributed by atoms with Gasteiger partial charge in [0.25, 0.3) is 0 Å². The lowest BCUT2D eigenvalue weighted by Crippen LogP contribution is -2.47. The summed E-state index contributed by atoms with van der Waals surface area (Å²) < 4.78 is 28.1. The first-order chi connectivity index (χ1) is 14.4. The van der Waals surface area contributed by atoms with E-state index < -0.39 is 11.6 Å². The zero-order chi connectivity index (χ0) is 21.8. The highest BCUT2D eigenvalue weighted by atomic mass is 19.1. The van der Waals surface area contributed by atoms with Crippen molar-refractivity contribution in [2.24, 2.45) is 4.99 Å². The van der Waals surface area contributed by atoms with Gasteiger partial charge in [0.05, 0.1) is 0 Å². The minimum atomic E-state index is -0.567. The maximum Gasteiger partial charge on any atom is 0.133 e. The van der Waals surface area contributed by atoms with Crippen molar-refractivity contribution in [3.8, 4) is 11.1 Å². The summed E-state index contributed by atoms with van der Waals surface area (Å²) in [4.78, 5) is 9.29. The molecule has 1 N–H and O–H groups in total. The molecule has 0 saturated carbocycles. The van der Waals surface area contributed by atoms with Gasteiger partial charge in [0.15, 0.2) is 0 Å². The fourth-order valence-electron chi connectivity index (χ4n) is 4.19. The third-order valence-corrected chi connectivity index (χ3v) is 5.78. The molecular weight excluding hydrogens is 382 g/mol. The summed E-state index contributed by atoms with van der Waals surface area (Å²) in [6.45, 7) is 10.7. The normalized spacial score (nSPS) is 15.6. The molecule has 3 rings (SSSR count). The highest BCUT2D eigenvalue weighted by molar-refractivity contribution is 6.05. The van der Waals surface area contributed by atoms with Gasteiger partial charge in [-0.1, -0.05) is 6.92 Å². The van der Waals surface area contributed by atoms with E-state index in [2.05, 4.69) is 40.1 Å². The molecule has 0 bridgehead atoms. The smallest absolute Gasteiger partial charge is 0.133 e. The van der Waals surface area contributed by atoms with Gasteiger partial charge in [-0.05, 0) is 62.2 Å². The predicted octanol–water partition coefficient (Wildman–Crippen LogP) is 4.69. The Kier molecular flexibility index (Phi) is 7.08. The number of benzene rings is 2. The number of aliphatic imine (C=N–C) groups is 1. The van der Waals surface area contributed by atoms with Crippen LogP contribution < -0.4 is 5.32 Å². The third-order valence-electron chi connectivity index (χ3n) is 5.78. The molecule has 2 aromatic rings. The molecule has 1 saturated heterocycles. The van der Waals surface area contributed by atoms with Gasteiger partial charge in [-0.2, -0.15) is 0 Å². The van der Waals surface area contributed by atoms with Crippen molar-refractivity contribution in [1.82, 2.24) is 9.80 Å². The van der Waals surface area contributed by atoms with Crippen LogP contribution in [0.4, 0.5) is 14.5 Å². The van der Waals surface area contributed by atoms with Crippen LogP contribution in [0.1, 0.15) is 30.0 Å². The molecule has 0 atom stereocenters. The van der Waals surface area contributed by atoms with Crippen molar-refractivity contribution in [1.29, 1.82) is 0 Å². The Bertz CT molecular complexity index is 931. The van der Waals surface area contributed by atoms with Crippen LogP contribution in [0.5, 0.6) is 0 Å². The summed E-state index contributed by atoms with van der Waals surface area (Å²) in [5.74, 6) is -0.152. The van der Waals surface area contributed by atoms with Gasteiger partial charge >= 0.3 is 0 Å². The minimum absolute atomic E-state index is 0.423. The second-order valence-corrected chi connectivity index (χ2v) is 8.00. The van der Waals surface area contributed by atoms with Crippen LogP contribution in [0.3, 0.4) is 0 Å². The number of amidine groups is 1. The highest BCUT2D eigenvalue weighted by Gasteiger charge is 2.24. The first-order valence-electron chi connectivity index (χ1n) is 10.6. The summed E-state index contributed by atoms with van der Waals surface area (Å²) in [7, 11) is 3.96. The molecule has 0 aliphatic carbocycles. The van der Waals surface area contributed by atoms with E-state index in [1.165, 1.54) is 12.1 Å². The largest absolute Gasteiger partial charge is 0.384 e. The van der Waals surface area contributed by atoms with E-state index in [9.17, 15) is 8.78 Å². The number of likely N-dealkylation sites (N-methyl/N-ethyl adjacent to an activating group) is 1. The van der Waals surface area contributed by atoms with Crippen molar-refractivity contribution in [2.75, 3.05) is 52.1 Å². The summed E-state index contributed by atoms with van der Waals surface area (Å²) in [6.07, 6.45) is 0.972. The number of nitrogens with zero attached hydrogens (tertiary/aromatic N) is 3. The van der Waals surface area contributed by atoms with E-state index in [1.807, 2.05) is 20.9 Å². The summed E-state index contributed by atoms with van der Waals surface area (Å²) in [5, 5.41) is 3.55. The van der Waals surface area contributed by atoms with Gasteiger partial charge in [0.1, 0.15) is 17.5 Å². The number of rotatable bonds is 5. The SMILES string of the molecule is CCCNc1c(/C(=N\C)N2CCN(C)CC2)cc(C)c(-c2ccc(F)cc2F)c1C. The third kappa shape index (κ3) is 4.48. The van der Waals surface area contributed by atoms with Crippen molar-refractivity contribution >= 4 is 11.5 Å². The molecule has 6 heteroatoms. The molecule has 162 valence electrons. The van der Waals surface area contributed by atoms with Crippen molar-refractivity contribution in [3.63, 3.8) is 0 Å². The molecule has 1 fully saturated rings. The minimum Gasteiger partial charge on any atom is -0.384 e. The summed E-state index contributed by atoms with van der Waals surface area (Å²) in [6, 6.07) is 5.88. The Labute approximate surface area is 178 Å². The van der Waals surface area contributed by atoms with E-state index in [4.69, 9.17) is 0 Å². The molecule has 30 heavy (non-hydrogen) atoms. The van der Waals surface area contributed by atoms with E-state index in [-0.39, 0.29) is 0 Å². The van der Waals surface area contributed by atoms with Gasteiger partial charge < -0.3 is 15.1 Å². The topological polar surface area (TPSA) is 30.9 Å². The van der Waals surface area contributed by atoms with Gasteiger partial charge in [0.2, 0.25) is 0 Å². The lowest BCUT2D eigenvalue weighted by atomic mass is 9.90. The fraction of sp³-hybridized carbons (Fsp3) is 0.458. The molecule has 4 nitrogen and oxygen atoms in total. The average molecular weight is 415 g/mol. The lowest BCUT2D eigenvalue weighted by molar-refractivity contribution is 0.215. The molecule has 0 aromatic heterocycles. The Morgan fingerprint density at radius 3 is 2.40 bits per heavy atom. The number of nitrogens with one attached hydrogen (secondary N) is 1. The molecule has 0 radical (unpaired) electrons. The van der Waals surface area contributed by atoms with Gasteiger partial charge in [-0.25, -0.2) is 8.78 Å². The monoisotopic (exact) mass is 414 g/mol. The number of aryl methyl sites for hydroxylation is 1. The number of anilines is 1. The summed E-state index contributed by atoms with van der Waals surface area (Å²) >= 11 is 0. The Hall–Kier alpha value is -2.47. The number of hydrogen-bond acceptors (Lipinski definition) is 3. The molecule has 0 unspecified atom stereocenters. The van der Waals surface area contributed by atoms with E-state index >= 15 is 0 Å². The second kappa shape index (κ2) is 9.56. The van der Waals surface area contributed by atoms with Crippen LogP contribution in [0.2, 0.25) is 0 Å². The van der Waals surface area contributed by atoms with Crippen molar-refractivity contribution in [2.45, 2.75) is 27.2 Å². The van der Waals surface area contributed by atoms with Gasteiger partial charge in [-0.15, -0.1) is 0 Å². The Balaban J connectivity index is 2.14. The van der Waals surface area contributed by atoms with Crippen molar-refractivity contribution < 1.29 is 8.78 Å². The molecule has 1 aliphatic rings. The first kappa shape index (κ1) is 22.2. The van der Waals surface area contributed by atoms with Crippen LogP contribution in [0.15, 0.2) is 29.3 Å². The zero-order valence-electron chi connectivity index (χ0n) is 18.6. The quantitative estimate of drug-likeness (QED) is 0.569. The highest BCUT2D eigenvalue weighted by Crippen LogP contribution is 2.37. The van der Waals surface area contributed by atoms with Crippen LogP contribution >= 0.6 is 0 Å². The fourth-order valence-corrected chi connectivity index (χ4v) is 4.19. The van der Waals surface area contributed by atoms with Gasteiger partial charge in [0, 0.05) is 62.7 Å². The molecule has 0 amide bonds. The number of piperazine rings is 1. The zero-order valence-corrected chi connectivity index (χ0v) is 18.6. The predicted molar refractivity (Wildman–Crippen MR) is 122 cm³/mol. The first-order valence-corrected chi connectivity index (χ1v) is 10.6. The second-order valence-electron chi connectivity index (χ2n) is 8.00.